The number of carbonyl (C=O) groups excluding carboxylic acids is 3. The molecule has 1 heterocycles. The van der Waals surface area contributed by atoms with Crippen molar-refractivity contribution in [2.75, 3.05) is 45.9 Å². The Balaban J connectivity index is 1.26. The average Bonchev–Trinajstić information content (AvgIpc) is 3.29. The summed E-state index contributed by atoms with van der Waals surface area (Å²) in [7, 11) is 0. The van der Waals surface area contributed by atoms with Gasteiger partial charge in [0, 0.05) is 71.4 Å². The standard InChI is InChI=1S/C41H47ClF2N8O4/c1-41(2,3)35(25-53)52-36(54)14-15-47-16-18-56-19-17-48-23-29(45)24-50-40(55)26-8-11-30(12-9-26)51-38-27(21-46-4)22-49-39(32-20-28(42)10-13-31(32)38)37-33(43)6-5-7-34(37)44/h5-13,20-21,23,25,35,47-48H,4,14-19,22,24,45H2,1-3H3,(H,50,55)(H,52,54)/b27-21-,29-23-,51-38?. The van der Waals surface area contributed by atoms with Gasteiger partial charge in [0.25, 0.3) is 5.91 Å². The number of nitrogens with two attached hydrogens (primary N) is 1. The highest BCUT2D eigenvalue weighted by molar-refractivity contribution is 6.32. The number of nitrogens with one attached hydrogen (secondary N) is 4. The molecule has 0 spiro atoms. The lowest BCUT2D eigenvalue weighted by atomic mass is 9.87. The van der Waals surface area contributed by atoms with E-state index in [0.29, 0.717) is 77.2 Å². The first-order chi connectivity index (χ1) is 26.8. The lowest BCUT2D eigenvalue weighted by molar-refractivity contribution is -0.125. The van der Waals surface area contributed by atoms with Gasteiger partial charge in [-0.1, -0.05) is 44.5 Å². The number of aldehydes is 1. The first-order valence-electron chi connectivity index (χ1n) is 17.9. The third-order valence-electron chi connectivity index (χ3n) is 8.49. The molecule has 2 amide bonds. The zero-order valence-corrected chi connectivity index (χ0v) is 32.4. The summed E-state index contributed by atoms with van der Waals surface area (Å²) >= 11 is 6.35. The minimum atomic E-state index is -0.764. The van der Waals surface area contributed by atoms with Gasteiger partial charge in [0.05, 0.1) is 55.0 Å². The Morgan fingerprint density at radius 1 is 1.04 bits per heavy atom. The van der Waals surface area contributed by atoms with Gasteiger partial charge in [-0.25, -0.2) is 13.8 Å². The summed E-state index contributed by atoms with van der Waals surface area (Å²) in [5.74, 6) is -2.06. The van der Waals surface area contributed by atoms with Crippen molar-refractivity contribution in [3.05, 3.63) is 123 Å². The number of halogens is 3. The number of carbonyl (C=O) groups is 3. The summed E-state index contributed by atoms with van der Waals surface area (Å²) in [4.78, 5) is 49.5. The van der Waals surface area contributed by atoms with Gasteiger partial charge in [-0.2, -0.15) is 0 Å². The lowest BCUT2D eigenvalue weighted by Gasteiger charge is -2.26. The maximum absolute atomic E-state index is 15.0. The number of ether oxygens (including phenoxy) is 1. The molecule has 0 saturated carbocycles. The van der Waals surface area contributed by atoms with Crippen LogP contribution in [0.1, 0.15) is 54.2 Å². The maximum atomic E-state index is 15.0. The molecule has 56 heavy (non-hydrogen) atoms. The number of amides is 2. The van der Waals surface area contributed by atoms with Crippen molar-refractivity contribution in [3.8, 4) is 0 Å². The van der Waals surface area contributed by atoms with E-state index >= 15 is 0 Å². The SMILES string of the molecule is C=N/C=C1/CN=C(c2c(F)cccc2F)c2cc(Cl)ccc2C1=Nc1ccc(C(=O)NC/C(N)=C/NCCOCCNCCC(=O)NC(C=O)C(C)(C)C)cc1. The molecule has 296 valence electrons. The molecule has 0 aromatic heterocycles. The van der Waals surface area contributed by atoms with E-state index in [2.05, 4.69) is 38.0 Å². The van der Waals surface area contributed by atoms with Crippen LogP contribution in [0.25, 0.3) is 0 Å². The van der Waals surface area contributed by atoms with Crippen LogP contribution in [0.4, 0.5) is 14.5 Å². The fourth-order valence-electron chi connectivity index (χ4n) is 5.46. The Hall–Kier alpha value is -5.57. The van der Waals surface area contributed by atoms with Crippen LogP contribution in [0.2, 0.25) is 5.02 Å². The zero-order chi connectivity index (χ0) is 40.7. The third kappa shape index (κ3) is 12.5. The van der Waals surface area contributed by atoms with E-state index in [9.17, 15) is 23.2 Å². The molecule has 1 aliphatic rings. The van der Waals surface area contributed by atoms with Crippen molar-refractivity contribution in [2.45, 2.75) is 33.2 Å². The van der Waals surface area contributed by atoms with E-state index in [-0.39, 0.29) is 48.0 Å². The molecule has 1 unspecified atom stereocenters. The highest BCUT2D eigenvalue weighted by Gasteiger charge is 2.27. The minimum absolute atomic E-state index is 0.00851. The Bertz CT molecular complexity index is 1990. The molecule has 0 radical (unpaired) electrons. The number of fused-ring (bicyclic) bond motifs is 1. The fourth-order valence-corrected chi connectivity index (χ4v) is 5.63. The summed E-state index contributed by atoms with van der Waals surface area (Å²) in [6.07, 6.45) is 4.11. The summed E-state index contributed by atoms with van der Waals surface area (Å²) in [6, 6.07) is 14.6. The van der Waals surface area contributed by atoms with Gasteiger partial charge in [-0.05, 0) is 60.7 Å². The smallest absolute Gasteiger partial charge is 0.251 e. The molecule has 0 fully saturated rings. The number of aliphatic imine (C=N–C) groups is 3. The Kier molecular flexibility index (Phi) is 16.1. The molecule has 1 aliphatic heterocycles. The van der Waals surface area contributed by atoms with Crippen LogP contribution in [0.3, 0.4) is 0 Å². The van der Waals surface area contributed by atoms with E-state index in [0.717, 1.165) is 6.29 Å². The number of benzene rings is 3. The fraction of sp³-hybridized carbons (Fsp3) is 0.317. The molecule has 6 N–H and O–H groups in total. The van der Waals surface area contributed by atoms with E-state index in [1.54, 1.807) is 48.7 Å². The molecule has 3 aromatic rings. The highest BCUT2D eigenvalue weighted by Crippen LogP contribution is 2.30. The van der Waals surface area contributed by atoms with Gasteiger partial charge < -0.3 is 36.5 Å². The summed E-state index contributed by atoms with van der Waals surface area (Å²) in [6.45, 7) is 11.7. The van der Waals surface area contributed by atoms with Crippen LogP contribution in [0, 0.1) is 17.0 Å². The van der Waals surface area contributed by atoms with Crippen LogP contribution in [-0.2, 0) is 14.3 Å². The zero-order valence-electron chi connectivity index (χ0n) is 31.6. The lowest BCUT2D eigenvalue weighted by Crippen LogP contribution is -2.45. The van der Waals surface area contributed by atoms with E-state index in [4.69, 9.17) is 27.1 Å². The number of rotatable bonds is 18. The summed E-state index contributed by atoms with van der Waals surface area (Å²) in [5, 5.41) is 12.0. The van der Waals surface area contributed by atoms with Crippen LogP contribution in [-0.4, -0.2) is 88.2 Å². The third-order valence-corrected chi connectivity index (χ3v) is 8.72. The number of hydrogen-bond donors (Lipinski definition) is 5. The first-order valence-corrected chi connectivity index (χ1v) is 18.3. The monoisotopic (exact) mass is 788 g/mol. The van der Waals surface area contributed by atoms with Crippen LogP contribution < -0.4 is 27.0 Å². The van der Waals surface area contributed by atoms with Crippen LogP contribution in [0.15, 0.2) is 99.3 Å². The minimum Gasteiger partial charge on any atom is -0.399 e. The maximum Gasteiger partial charge on any atom is 0.251 e. The Labute approximate surface area is 330 Å². The molecule has 3 aromatic carbocycles. The predicted octanol–water partition coefficient (Wildman–Crippen LogP) is 5.02. The Morgan fingerprint density at radius 2 is 1.75 bits per heavy atom. The van der Waals surface area contributed by atoms with E-state index in [1.807, 2.05) is 20.8 Å². The molecule has 0 saturated heterocycles. The van der Waals surface area contributed by atoms with Gasteiger partial charge in [-0.3, -0.25) is 19.6 Å². The normalized spacial score (nSPS) is 15.0. The second kappa shape index (κ2) is 20.9. The second-order valence-corrected chi connectivity index (χ2v) is 14.2. The van der Waals surface area contributed by atoms with Crippen LogP contribution >= 0.6 is 11.6 Å². The molecule has 4 rings (SSSR count). The Morgan fingerprint density at radius 3 is 2.43 bits per heavy atom. The molecular formula is C41H47ClF2N8O4. The quantitative estimate of drug-likeness (QED) is 0.0685. The van der Waals surface area contributed by atoms with Crippen molar-refractivity contribution < 1.29 is 27.9 Å². The summed E-state index contributed by atoms with van der Waals surface area (Å²) < 4.78 is 35.5. The molecule has 0 aliphatic carbocycles. The second-order valence-electron chi connectivity index (χ2n) is 13.8. The molecular weight excluding hydrogens is 742 g/mol. The number of nitrogens with zero attached hydrogens (tertiary/aromatic N) is 3. The molecule has 12 nitrogen and oxygen atoms in total. The van der Waals surface area contributed by atoms with Crippen molar-refractivity contribution in [1.29, 1.82) is 0 Å². The molecule has 15 heteroatoms. The summed E-state index contributed by atoms with van der Waals surface area (Å²) in [5.41, 5.74) is 8.75. The van der Waals surface area contributed by atoms with Gasteiger partial charge in [0.2, 0.25) is 5.91 Å². The van der Waals surface area contributed by atoms with Gasteiger partial charge in [-0.15, -0.1) is 0 Å². The average molecular weight is 789 g/mol. The van der Waals surface area contributed by atoms with Crippen molar-refractivity contribution >= 4 is 53.5 Å². The van der Waals surface area contributed by atoms with E-state index < -0.39 is 17.7 Å². The van der Waals surface area contributed by atoms with Crippen LogP contribution in [0.5, 0.6) is 0 Å². The first kappa shape index (κ1) is 43.2. The van der Waals surface area contributed by atoms with Gasteiger partial charge in [0.1, 0.15) is 17.9 Å². The van der Waals surface area contributed by atoms with Crippen molar-refractivity contribution in [3.63, 3.8) is 0 Å². The van der Waals surface area contributed by atoms with Gasteiger partial charge in [0.15, 0.2) is 0 Å². The predicted molar refractivity (Wildman–Crippen MR) is 217 cm³/mol. The van der Waals surface area contributed by atoms with Crippen molar-refractivity contribution in [1.82, 2.24) is 21.3 Å². The molecule has 1 atom stereocenters. The van der Waals surface area contributed by atoms with Crippen molar-refractivity contribution in [2.24, 2.45) is 26.1 Å². The number of hydrogen-bond acceptors (Lipinski definition) is 10. The van der Waals surface area contributed by atoms with Gasteiger partial charge >= 0.3 is 0 Å². The largest absolute Gasteiger partial charge is 0.399 e. The topological polar surface area (TPSA) is 172 Å². The highest BCUT2D eigenvalue weighted by atomic mass is 35.5. The molecule has 0 bridgehead atoms. The van der Waals surface area contributed by atoms with E-state index in [1.165, 1.54) is 24.4 Å².